The van der Waals surface area contributed by atoms with E-state index in [-0.39, 0.29) is 18.4 Å². The fourth-order valence-corrected chi connectivity index (χ4v) is 3.27. The van der Waals surface area contributed by atoms with Crippen molar-refractivity contribution in [1.82, 2.24) is 4.90 Å². The van der Waals surface area contributed by atoms with Crippen LogP contribution in [-0.2, 0) is 0 Å². The Kier molecular flexibility index (Phi) is 4.27. The zero-order chi connectivity index (χ0) is 19.0. The fraction of sp³-hybridized carbons (Fsp3) is 0.278. The largest absolute Gasteiger partial charge is 0.454 e. The molecule has 2 aliphatic rings. The Balaban J connectivity index is 1.46. The summed E-state index contributed by atoms with van der Waals surface area (Å²) in [5, 5.41) is 11.2. The number of nitrogens with zero attached hydrogens (tertiary/aromatic N) is 3. The van der Waals surface area contributed by atoms with Crippen LogP contribution in [0.2, 0.25) is 0 Å². The third kappa shape index (κ3) is 3.23. The maximum atomic E-state index is 13.3. The first-order valence-electron chi connectivity index (χ1n) is 8.41. The van der Waals surface area contributed by atoms with Crippen molar-refractivity contribution in [2.45, 2.75) is 0 Å². The molecule has 2 aromatic carbocycles. The number of halogens is 1. The van der Waals surface area contributed by atoms with Gasteiger partial charge in [-0.3, -0.25) is 14.9 Å². The third-order valence-electron chi connectivity index (χ3n) is 4.66. The van der Waals surface area contributed by atoms with E-state index in [1.165, 1.54) is 12.1 Å². The summed E-state index contributed by atoms with van der Waals surface area (Å²) in [4.78, 5) is 26.8. The molecule has 2 aromatic rings. The Morgan fingerprint density at radius 3 is 2.52 bits per heavy atom. The normalized spacial score (nSPS) is 15.7. The second kappa shape index (κ2) is 6.75. The summed E-state index contributed by atoms with van der Waals surface area (Å²) in [7, 11) is 0. The van der Waals surface area contributed by atoms with Crippen molar-refractivity contribution in [2.75, 3.05) is 37.9 Å². The second-order valence-corrected chi connectivity index (χ2v) is 6.24. The van der Waals surface area contributed by atoms with Crippen LogP contribution >= 0.6 is 0 Å². The molecule has 0 N–H and O–H groups in total. The molecule has 140 valence electrons. The van der Waals surface area contributed by atoms with Crippen molar-refractivity contribution in [2.24, 2.45) is 0 Å². The minimum atomic E-state index is -0.651. The zero-order valence-electron chi connectivity index (χ0n) is 14.3. The predicted octanol–water partition coefficient (Wildman–Crippen LogP) is 2.43. The lowest BCUT2D eigenvalue weighted by molar-refractivity contribution is -0.384. The quantitative estimate of drug-likeness (QED) is 0.607. The summed E-state index contributed by atoms with van der Waals surface area (Å²) in [6.45, 7) is 1.79. The number of carbonyl (C=O) groups excluding carboxylic acids is 1. The lowest BCUT2D eigenvalue weighted by Gasteiger charge is -2.35. The summed E-state index contributed by atoms with van der Waals surface area (Å²) in [5.41, 5.74) is 0.586. The van der Waals surface area contributed by atoms with Gasteiger partial charge in [0.15, 0.2) is 11.5 Å². The van der Waals surface area contributed by atoms with Crippen molar-refractivity contribution in [3.05, 3.63) is 57.9 Å². The minimum absolute atomic E-state index is 0.137. The molecule has 0 radical (unpaired) electrons. The van der Waals surface area contributed by atoms with Crippen molar-refractivity contribution >= 4 is 17.3 Å². The topological polar surface area (TPSA) is 85.2 Å². The number of ether oxygens (including phenoxy) is 2. The van der Waals surface area contributed by atoms with Gasteiger partial charge in [-0.05, 0) is 30.3 Å². The van der Waals surface area contributed by atoms with Gasteiger partial charge in [-0.2, -0.15) is 0 Å². The number of nitro benzene ring substituents is 1. The molecule has 0 aliphatic carbocycles. The molecule has 2 heterocycles. The number of anilines is 1. The Morgan fingerprint density at radius 2 is 1.78 bits per heavy atom. The number of hydrogen-bond donors (Lipinski definition) is 0. The van der Waals surface area contributed by atoms with Crippen molar-refractivity contribution in [3.8, 4) is 11.5 Å². The highest BCUT2D eigenvalue weighted by atomic mass is 19.1. The molecule has 9 heteroatoms. The monoisotopic (exact) mass is 373 g/mol. The number of piperazine rings is 1. The average molecular weight is 373 g/mol. The molecule has 1 saturated heterocycles. The molecule has 27 heavy (non-hydrogen) atoms. The number of hydrogen-bond acceptors (Lipinski definition) is 6. The predicted molar refractivity (Wildman–Crippen MR) is 93.7 cm³/mol. The molecule has 0 aromatic heterocycles. The number of rotatable bonds is 3. The highest BCUT2D eigenvalue weighted by Gasteiger charge is 2.27. The summed E-state index contributed by atoms with van der Waals surface area (Å²) >= 11 is 0. The molecule has 1 fully saturated rings. The molecule has 0 saturated carbocycles. The van der Waals surface area contributed by atoms with E-state index in [4.69, 9.17) is 9.47 Å². The van der Waals surface area contributed by atoms with Crippen LogP contribution in [0.5, 0.6) is 11.5 Å². The van der Waals surface area contributed by atoms with E-state index in [1.54, 1.807) is 28.0 Å². The van der Waals surface area contributed by atoms with Crippen LogP contribution in [0, 0.1) is 15.9 Å². The van der Waals surface area contributed by atoms with Crippen LogP contribution in [0.15, 0.2) is 36.4 Å². The van der Waals surface area contributed by atoms with Crippen molar-refractivity contribution < 1.29 is 23.6 Å². The molecular formula is C18H16FN3O5. The van der Waals surface area contributed by atoms with Gasteiger partial charge >= 0.3 is 0 Å². The van der Waals surface area contributed by atoms with Crippen molar-refractivity contribution in [1.29, 1.82) is 0 Å². The van der Waals surface area contributed by atoms with Gasteiger partial charge in [-0.25, -0.2) is 4.39 Å². The Bertz CT molecular complexity index is 912. The number of amides is 1. The Hall–Kier alpha value is -3.36. The third-order valence-corrected chi connectivity index (χ3v) is 4.66. The van der Waals surface area contributed by atoms with Crippen LogP contribution < -0.4 is 14.4 Å². The first kappa shape index (κ1) is 17.1. The SMILES string of the molecule is O=C(c1ccc2c(c1)OCO2)N1CCN(c2ccc(F)cc2[N+](=O)[O-])CC1. The second-order valence-electron chi connectivity index (χ2n) is 6.24. The molecule has 0 spiro atoms. The van der Waals surface area contributed by atoms with Gasteiger partial charge in [-0.1, -0.05) is 0 Å². The van der Waals surface area contributed by atoms with E-state index in [1.807, 2.05) is 0 Å². The molecule has 0 unspecified atom stereocenters. The molecule has 8 nitrogen and oxygen atoms in total. The summed E-state index contributed by atoms with van der Waals surface area (Å²) in [6, 6.07) is 8.57. The highest BCUT2D eigenvalue weighted by molar-refractivity contribution is 5.95. The maximum absolute atomic E-state index is 13.3. The van der Waals surface area contributed by atoms with Gasteiger partial charge in [0, 0.05) is 31.7 Å². The lowest BCUT2D eigenvalue weighted by atomic mass is 10.1. The van der Waals surface area contributed by atoms with E-state index < -0.39 is 10.7 Å². The minimum Gasteiger partial charge on any atom is -0.454 e. The Morgan fingerprint density at radius 1 is 1.04 bits per heavy atom. The van der Waals surface area contributed by atoms with Gasteiger partial charge in [0.2, 0.25) is 6.79 Å². The molecule has 0 bridgehead atoms. The smallest absolute Gasteiger partial charge is 0.295 e. The van der Waals surface area contributed by atoms with E-state index in [9.17, 15) is 19.3 Å². The maximum Gasteiger partial charge on any atom is 0.295 e. The first-order chi connectivity index (χ1) is 13.0. The van der Waals surface area contributed by atoms with Crippen LogP contribution in [-0.4, -0.2) is 48.7 Å². The molecule has 4 rings (SSSR count). The number of benzene rings is 2. The summed E-state index contributed by atoms with van der Waals surface area (Å²) < 4.78 is 23.9. The lowest BCUT2D eigenvalue weighted by Crippen LogP contribution is -2.49. The Labute approximate surface area is 153 Å². The van der Waals surface area contributed by atoms with Crippen LogP contribution in [0.25, 0.3) is 0 Å². The van der Waals surface area contributed by atoms with E-state index >= 15 is 0 Å². The van der Waals surface area contributed by atoms with Gasteiger partial charge in [0.25, 0.3) is 11.6 Å². The molecule has 1 amide bonds. The number of fused-ring (bicyclic) bond motifs is 1. The molecular weight excluding hydrogens is 357 g/mol. The van der Waals surface area contributed by atoms with Crippen molar-refractivity contribution in [3.63, 3.8) is 0 Å². The van der Waals surface area contributed by atoms with E-state index in [2.05, 4.69) is 0 Å². The van der Waals surface area contributed by atoms with Crippen LogP contribution in [0.1, 0.15) is 10.4 Å². The highest BCUT2D eigenvalue weighted by Crippen LogP contribution is 2.33. The summed E-state index contributed by atoms with van der Waals surface area (Å²) in [5.74, 6) is 0.366. The standard InChI is InChI=1S/C18H16FN3O5/c19-13-2-3-14(15(10-13)22(24)25)20-5-7-21(8-6-20)18(23)12-1-4-16-17(9-12)27-11-26-16/h1-4,9-10H,5-8,11H2. The molecule has 0 atom stereocenters. The number of nitro groups is 1. The van der Waals surface area contributed by atoms with Gasteiger partial charge in [0.05, 0.1) is 11.0 Å². The van der Waals surface area contributed by atoms with E-state index in [0.29, 0.717) is 48.9 Å². The van der Waals surface area contributed by atoms with Gasteiger partial charge < -0.3 is 19.3 Å². The van der Waals surface area contributed by atoms with Crippen LogP contribution in [0.3, 0.4) is 0 Å². The van der Waals surface area contributed by atoms with Gasteiger partial charge in [-0.15, -0.1) is 0 Å². The zero-order valence-corrected chi connectivity index (χ0v) is 14.3. The van der Waals surface area contributed by atoms with Crippen LogP contribution in [0.4, 0.5) is 15.8 Å². The van der Waals surface area contributed by atoms with Gasteiger partial charge in [0.1, 0.15) is 11.5 Å². The van der Waals surface area contributed by atoms with E-state index in [0.717, 1.165) is 6.07 Å². The fourth-order valence-electron chi connectivity index (χ4n) is 3.27. The summed E-state index contributed by atoms with van der Waals surface area (Å²) in [6.07, 6.45) is 0. The number of carbonyl (C=O) groups is 1. The first-order valence-corrected chi connectivity index (χ1v) is 8.41. The average Bonchev–Trinajstić information content (AvgIpc) is 3.15. The molecule has 2 aliphatic heterocycles.